The Morgan fingerprint density at radius 1 is 1.03 bits per heavy atom. The quantitative estimate of drug-likeness (QED) is 0.670. The average molecular weight is 404 g/mol. The van der Waals surface area contributed by atoms with E-state index in [4.69, 9.17) is 0 Å². The second kappa shape index (κ2) is 7.45. The first kappa shape index (κ1) is 18.8. The van der Waals surface area contributed by atoms with Crippen LogP contribution >= 0.6 is 11.8 Å². The van der Waals surface area contributed by atoms with Crippen molar-refractivity contribution in [3.05, 3.63) is 81.1 Å². The molecule has 3 aromatic rings. The van der Waals surface area contributed by atoms with Crippen molar-refractivity contribution in [3.8, 4) is 6.07 Å². The van der Waals surface area contributed by atoms with E-state index < -0.39 is 23.7 Å². The fraction of sp³-hybridized carbons (Fsp3) is 0.143. The maximum atomic E-state index is 13.3. The molecule has 1 aliphatic heterocycles. The van der Waals surface area contributed by atoms with Crippen LogP contribution in [0.15, 0.2) is 74.1 Å². The van der Waals surface area contributed by atoms with E-state index in [1.165, 1.54) is 15.7 Å². The van der Waals surface area contributed by atoms with Crippen LogP contribution in [0.25, 0.3) is 0 Å². The van der Waals surface area contributed by atoms with E-state index in [1.807, 2.05) is 48.5 Å². The van der Waals surface area contributed by atoms with E-state index in [2.05, 4.69) is 0 Å². The predicted molar refractivity (Wildman–Crippen MR) is 110 cm³/mol. The van der Waals surface area contributed by atoms with Crippen molar-refractivity contribution >= 4 is 29.0 Å². The number of hydrogen-bond donors (Lipinski definition) is 0. The molecule has 1 aliphatic rings. The van der Waals surface area contributed by atoms with E-state index in [9.17, 15) is 19.6 Å². The van der Waals surface area contributed by atoms with E-state index in [0.717, 1.165) is 14.4 Å². The number of benzene rings is 2. The highest BCUT2D eigenvalue weighted by atomic mass is 32.2. The summed E-state index contributed by atoms with van der Waals surface area (Å²) in [7, 11) is 0. The monoisotopic (exact) mass is 404 g/mol. The normalized spacial score (nSPS) is 12.1. The second-order valence-corrected chi connectivity index (χ2v) is 7.46. The maximum Gasteiger partial charge on any atom is 0.331 e. The van der Waals surface area contributed by atoms with Crippen molar-refractivity contribution in [2.45, 2.75) is 29.8 Å². The summed E-state index contributed by atoms with van der Waals surface area (Å²) < 4.78 is 2.08. The molecule has 0 fully saturated rings. The number of amides is 1. The van der Waals surface area contributed by atoms with Crippen LogP contribution in [0, 0.1) is 11.3 Å². The molecule has 8 heteroatoms. The largest absolute Gasteiger partial charge is 0.331 e. The van der Waals surface area contributed by atoms with Gasteiger partial charge in [0.15, 0.2) is 0 Å². The summed E-state index contributed by atoms with van der Waals surface area (Å²) in [5.74, 6) is -0.429. The van der Waals surface area contributed by atoms with Gasteiger partial charge < -0.3 is 0 Å². The third kappa shape index (κ3) is 3.15. The lowest BCUT2D eigenvalue weighted by Crippen LogP contribution is -2.45. The molecule has 144 valence electrons. The van der Waals surface area contributed by atoms with Crippen LogP contribution in [0.1, 0.15) is 12.5 Å². The lowest BCUT2D eigenvalue weighted by atomic mass is 10.2. The number of aryl methyl sites for hydroxylation is 1. The minimum atomic E-state index is -0.761. The van der Waals surface area contributed by atoms with Gasteiger partial charge in [-0.1, -0.05) is 36.0 Å². The minimum absolute atomic E-state index is 0.172. The Balaban J connectivity index is 1.83. The number of para-hydroxylation sites is 2. The van der Waals surface area contributed by atoms with E-state index in [-0.39, 0.29) is 12.1 Å². The second-order valence-electron chi connectivity index (χ2n) is 6.38. The Bertz CT molecular complexity index is 1240. The predicted octanol–water partition coefficient (Wildman–Crippen LogP) is 2.73. The van der Waals surface area contributed by atoms with Crippen LogP contribution in [0.3, 0.4) is 0 Å². The highest BCUT2D eigenvalue weighted by Crippen LogP contribution is 2.47. The fourth-order valence-electron chi connectivity index (χ4n) is 3.28. The van der Waals surface area contributed by atoms with Crippen LogP contribution in [0.2, 0.25) is 0 Å². The van der Waals surface area contributed by atoms with Gasteiger partial charge in [0.1, 0.15) is 18.2 Å². The Labute approximate surface area is 170 Å². The standard InChI is InChI=1S/C21H16N4O3S/c1-2-23-12-14(11-22)20(27)24(21(23)28)13-19(26)25-15-7-3-5-9-17(15)29-18-10-6-4-8-16(18)25/h3-10,12H,2,13H2,1H3. The summed E-state index contributed by atoms with van der Waals surface area (Å²) in [5.41, 5.74) is -0.154. The van der Waals surface area contributed by atoms with Gasteiger partial charge in [0.2, 0.25) is 0 Å². The maximum absolute atomic E-state index is 13.3. The van der Waals surface area contributed by atoms with E-state index in [1.54, 1.807) is 24.8 Å². The number of carbonyl (C=O) groups is 1. The van der Waals surface area contributed by atoms with Gasteiger partial charge in [-0.05, 0) is 31.2 Å². The summed E-state index contributed by atoms with van der Waals surface area (Å²) >= 11 is 1.56. The van der Waals surface area contributed by atoms with Crippen molar-refractivity contribution in [2.75, 3.05) is 4.90 Å². The molecule has 0 aliphatic carbocycles. The smallest absolute Gasteiger partial charge is 0.299 e. The first-order valence-electron chi connectivity index (χ1n) is 8.98. The zero-order valence-corrected chi connectivity index (χ0v) is 16.3. The lowest BCUT2D eigenvalue weighted by Gasteiger charge is -2.31. The number of rotatable bonds is 3. The highest BCUT2D eigenvalue weighted by Gasteiger charge is 2.28. The Morgan fingerprint density at radius 3 is 2.17 bits per heavy atom. The molecule has 0 atom stereocenters. The number of nitrogens with zero attached hydrogens (tertiary/aromatic N) is 4. The number of hydrogen-bond acceptors (Lipinski definition) is 5. The summed E-state index contributed by atoms with van der Waals surface area (Å²) in [6.07, 6.45) is 1.23. The SMILES string of the molecule is CCn1cc(C#N)c(=O)n(CC(=O)N2c3ccccc3Sc3ccccc32)c1=O. The molecule has 0 bridgehead atoms. The Morgan fingerprint density at radius 2 is 1.62 bits per heavy atom. The summed E-state index contributed by atoms with van der Waals surface area (Å²) in [5, 5.41) is 9.22. The first-order valence-corrected chi connectivity index (χ1v) is 9.80. The summed E-state index contributed by atoms with van der Waals surface area (Å²) in [6.45, 7) is 1.56. The van der Waals surface area contributed by atoms with Crippen LogP contribution in [-0.4, -0.2) is 15.0 Å². The Kier molecular flexibility index (Phi) is 4.82. The zero-order valence-electron chi connectivity index (χ0n) is 15.5. The van der Waals surface area contributed by atoms with Gasteiger partial charge in [0, 0.05) is 22.5 Å². The fourth-order valence-corrected chi connectivity index (χ4v) is 4.33. The van der Waals surface area contributed by atoms with Gasteiger partial charge in [0.05, 0.1) is 11.4 Å². The van der Waals surface area contributed by atoms with Gasteiger partial charge in [-0.15, -0.1) is 0 Å². The van der Waals surface area contributed by atoms with Gasteiger partial charge in [-0.25, -0.2) is 9.36 Å². The van der Waals surface area contributed by atoms with Crippen molar-refractivity contribution in [1.29, 1.82) is 5.26 Å². The molecule has 7 nitrogen and oxygen atoms in total. The molecule has 0 saturated carbocycles. The van der Waals surface area contributed by atoms with Gasteiger partial charge in [-0.3, -0.25) is 19.1 Å². The zero-order chi connectivity index (χ0) is 20.5. The molecule has 0 unspecified atom stereocenters. The van der Waals surface area contributed by atoms with Crippen molar-refractivity contribution < 1.29 is 4.79 Å². The van der Waals surface area contributed by atoms with Crippen molar-refractivity contribution in [3.63, 3.8) is 0 Å². The third-order valence-electron chi connectivity index (χ3n) is 4.67. The topological polar surface area (TPSA) is 88.1 Å². The van der Waals surface area contributed by atoms with Crippen LogP contribution in [-0.2, 0) is 17.9 Å². The molecular formula is C21H16N4O3S. The molecule has 1 aromatic heterocycles. The number of aromatic nitrogens is 2. The molecule has 0 radical (unpaired) electrons. The van der Waals surface area contributed by atoms with Crippen LogP contribution < -0.4 is 16.1 Å². The van der Waals surface area contributed by atoms with Crippen LogP contribution in [0.5, 0.6) is 0 Å². The van der Waals surface area contributed by atoms with Crippen LogP contribution in [0.4, 0.5) is 11.4 Å². The summed E-state index contributed by atoms with van der Waals surface area (Å²) in [6, 6.07) is 16.7. The van der Waals surface area contributed by atoms with E-state index in [0.29, 0.717) is 11.4 Å². The molecule has 1 amide bonds. The Hall–Kier alpha value is -3.57. The first-order chi connectivity index (χ1) is 14.0. The molecule has 4 rings (SSSR count). The molecule has 2 aromatic carbocycles. The molecule has 29 heavy (non-hydrogen) atoms. The van der Waals surface area contributed by atoms with Crippen molar-refractivity contribution in [2.24, 2.45) is 0 Å². The third-order valence-corrected chi connectivity index (χ3v) is 5.80. The average Bonchev–Trinajstić information content (AvgIpc) is 2.75. The minimum Gasteiger partial charge on any atom is -0.299 e. The van der Waals surface area contributed by atoms with Gasteiger partial charge in [0.25, 0.3) is 11.5 Å². The number of carbonyl (C=O) groups excluding carboxylic acids is 1. The van der Waals surface area contributed by atoms with E-state index >= 15 is 0 Å². The molecule has 0 spiro atoms. The molecule has 0 saturated heterocycles. The van der Waals surface area contributed by atoms with Gasteiger partial charge in [-0.2, -0.15) is 5.26 Å². The number of anilines is 2. The molecular weight excluding hydrogens is 388 g/mol. The number of nitriles is 1. The molecule has 2 heterocycles. The number of fused-ring (bicyclic) bond motifs is 2. The lowest BCUT2D eigenvalue weighted by molar-refractivity contribution is -0.118. The summed E-state index contributed by atoms with van der Waals surface area (Å²) in [4.78, 5) is 41.9. The molecule has 0 N–H and O–H groups in total. The van der Waals surface area contributed by atoms with Gasteiger partial charge >= 0.3 is 5.69 Å². The van der Waals surface area contributed by atoms with Crippen molar-refractivity contribution in [1.82, 2.24) is 9.13 Å². The highest BCUT2D eigenvalue weighted by molar-refractivity contribution is 7.99.